The molecule has 0 unspecified atom stereocenters. The van der Waals surface area contributed by atoms with E-state index < -0.39 is 0 Å². The predicted molar refractivity (Wildman–Crippen MR) is 240 cm³/mol. The monoisotopic (exact) mass is 815 g/mol. The van der Waals surface area contributed by atoms with Crippen LogP contribution >= 0.6 is 22.9 Å². The number of thiophene rings is 1. The van der Waals surface area contributed by atoms with Gasteiger partial charge in [0.25, 0.3) is 0 Å². The molecule has 0 bridgehead atoms. The molecule has 0 aliphatic rings. The average molecular weight is 816 g/mol. The molecule has 0 saturated heterocycles. The number of carbonyl (C=O) groups is 1. The SMILES string of the molecule is CCOC(=O)CN(Cc1sc2cc(OCc3ccc(-c4ccccc4)cc3)c(OCc3ccc(-c4ccccc4)cc3)cc2c1Oc1ccc(Cl)cc1)c1ccccc1. The highest BCUT2D eigenvalue weighted by Gasteiger charge is 2.23. The zero-order valence-corrected chi connectivity index (χ0v) is 34.1. The van der Waals surface area contributed by atoms with Crippen molar-refractivity contribution >= 4 is 44.7 Å². The summed E-state index contributed by atoms with van der Waals surface area (Å²) in [6, 6.07) is 58.7. The van der Waals surface area contributed by atoms with Gasteiger partial charge in [0.1, 0.15) is 25.5 Å². The van der Waals surface area contributed by atoms with Crippen molar-refractivity contribution in [2.45, 2.75) is 26.7 Å². The van der Waals surface area contributed by atoms with Gasteiger partial charge in [0.05, 0.1) is 18.0 Å². The van der Waals surface area contributed by atoms with Gasteiger partial charge in [0.15, 0.2) is 17.2 Å². The third-order valence-corrected chi connectivity index (χ3v) is 11.2. The van der Waals surface area contributed by atoms with Gasteiger partial charge in [-0.1, -0.05) is 139 Å². The topological polar surface area (TPSA) is 57.2 Å². The Morgan fingerprint density at radius 3 is 1.66 bits per heavy atom. The lowest BCUT2D eigenvalue weighted by molar-refractivity contribution is -0.141. The van der Waals surface area contributed by atoms with Gasteiger partial charge in [-0.3, -0.25) is 4.79 Å². The Hall–Kier alpha value is -6.54. The minimum absolute atomic E-state index is 0.0708. The highest BCUT2D eigenvalue weighted by molar-refractivity contribution is 7.19. The van der Waals surface area contributed by atoms with Crippen LogP contribution in [-0.2, 0) is 29.3 Å². The number of ether oxygens (including phenoxy) is 4. The van der Waals surface area contributed by atoms with Crippen molar-refractivity contribution in [3.63, 3.8) is 0 Å². The van der Waals surface area contributed by atoms with Crippen LogP contribution < -0.4 is 19.1 Å². The summed E-state index contributed by atoms with van der Waals surface area (Å²) in [5.41, 5.74) is 7.55. The van der Waals surface area contributed by atoms with Gasteiger partial charge in [-0.05, 0) is 82.8 Å². The third kappa shape index (κ3) is 9.95. The van der Waals surface area contributed by atoms with Crippen molar-refractivity contribution in [2.24, 2.45) is 0 Å². The number of anilines is 1. The maximum atomic E-state index is 12.9. The van der Waals surface area contributed by atoms with E-state index in [4.69, 9.17) is 30.5 Å². The van der Waals surface area contributed by atoms with E-state index in [1.165, 1.54) is 0 Å². The van der Waals surface area contributed by atoms with Crippen molar-refractivity contribution < 1.29 is 23.7 Å². The Balaban J connectivity index is 1.15. The van der Waals surface area contributed by atoms with E-state index in [0.29, 0.717) is 54.4 Å². The van der Waals surface area contributed by atoms with Gasteiger partial charge in [0.2, 0.25) is 0 Å². The molecule has 0 spiro atoms. The molecule has 1 heterocycles. The normalized spacial score (nSPS) is 10.9. The zero-order chi connectivity index (χ0) is 40.4. The molecule has 8 aromatic rings. The predicted octanol–water partition coefficient (Wildman–Crippen LogP) is 13.4. The van der Waals surface area contributed by atoms with Crippen LogP contribution in [0, 0.1) is 0 Å². The Morgan fingerprint density at radius 1 is 0.610 bits per heavy atom. The fraction of sp³-hybridized carbons (Fsp3) is 0.118. The van der Waals surface area contributed by atoms with Gasteiger partial charge in [-0.15, -0.1) is 11.3 Å². The third-order valence-electron chi connectivity index (χ3n) is 9.80. The van der Waals surface area contributed by atoms with Crippen molar-refractivity contribution in [2.75, 3.05) is 18.1 Å². The summed E-state index contributed by atoms with van der Waals surface area (Å²) in [6.07, 6.45) is 0. The van der Waals surface area contributed by atoms with Gasteiger partial charge in [-0.25, -0.2) is 0 Å². The molecule has 1 aromatic heterocycles. The van der Waals surface area contributed by atoms with Crippen LogP contribution in [0.2, 0.25) is 5.02 Å². The summed E-state index contributed by atoms with van der Waals surface area (Å²) in [6.45, 7) is 3.24. The van der Waals surface area contributed by atoms with E-state index in [2.05, 4.69) is 72.8 Å². The molecule has 59 heavy (non-hydrogen) atoms. The number of fused-ring (bicyclic) bond motifs is 1. The molecular formula is C51H42ClNO5S. The molecule has 6 nitrogen and oxygen atoms in total. The molecule has 7 aromatic carbocycles. The first-order valence-corrected chi connectivity index (χ1v) is 20.7. The number of halogens is 1. The number of para-hydroxylation sites is 1. The summed E-state index contributed by atoms with van der Waals surface area (Å²) in [7, 11) is 0. The minimum Gasteiger partial charge on any atom is -0.485 e. The first kappa shape index (κ1) is 39.3. The number of carbonyl (C=O) groups excluding carboxylic acids is 1. The number of benzene rings is 7. The Morgan fingerprint density at radius 2 is 1.12 bits per heavy atom. The Bertz CT molecular complexity index is 2600. The second-order valence-corrected chi connectivity index (χ2v) is 15.5. The molecule has 0 amide bonds. The number of rotatable bonds is 16. The van der Waals surface area contributed by atoms with Crippen LogP contribution in [-0.4, -0.2) is 19.1 Å². The first-order valence-electron chi connectivity index (χ1n) is 19.5. The largest absolute Gasteiger partial charge is 0.485 e. The molecule has 0 radical (unpaired) electrons. The van der Waals surface area contributed by atoms with Crippen molar-refractivity contribution in [3.8, 4) is 45.3 Å². The zero-order valence-electron chi connectivity index (χ0n) is 32.6. The van der Waals surface area contributed by atoms with Gasteiger partial charge in [-0.2, -0.15) is 0 Å². The van der Waals surface area contributed by atoms with Gasteiger partial charge in [0, 0.05) is 26.9 Å². The number of esters is 1. The molecule has 0 saturated carbocycles. The molecule has 0 N–H and O–H groups in total. The number of hydrogen-bond acceptors (Lipinski definition) is 7. The van der Waals surface area contributed by atoms with E-state index >= 15 is 0 Å². The van der Waals surface area contributed by atoms with Crippen molar-refractivity contribution in [1.82, 2.24) is 0 Å². The van der Waals surface area contributed by atoms with E-state index in [9.17, 15) is 4.79 Å². The highest BCUT2D eigenvalue weighted by Crippen LogP contribution is 2.46. The lowest BCUT2D eigenvalue weighted by Crippen LogP contribution is -2.30. The Labute approximate surface area is 353 Å². The molecule has 8 rings (SSSR count). The van der Waals surface area contributed by atoms with Gasteiger partial charge >= 0.3 is 5.97 Å². The number of nitrogens with zero attached hydrogens (tertiary/aromatic N) is 1. The summed E-state index contributed by atoms with van der Waals surface area (Å²) in [5.74, 6) is 2.19. The maximum absolute atomic E-state index is 12.9. The molecule has 0 atom stereocenters. The maximum Gasteiger partial charge on any atom is 0.325 e. The summed E-state index contributed by atoms with van der Waals surface area (Å²) in [5, 5.41) is 1.47. The van der Waals surface area contributed by atoms with Crippen LogP contribution in [0.4, 0.5) is 5.69 Å². The quantitative estimate of drug-likeness (QED) is 0.0906. The molecule has 0 aliphatic carbocycles. The van der Waals surface area contributed by atoms with Crippen molar-refractivity contribution in [1.29, 1.82) is 0 Å². The highest BCUT2D eigenvalue weighted by atomic mass is 35.5. The molecule has 8 heteroatoms. The molecule has 294 valence electrons. The fourth-order valence-electron chi connectivity index (χ4n) is 6.78. The van der Waals surface area contributed by atoms with E-state index in [0.717, 1.165) is 54.0 Å². The van der Waals surface area contributed by atoms with E-state index in [-0.39, 0.29) is 12.5 Å². The smallest absolute Gasteiger partial charge is 0.325 e. The van der Waals surface area contributed by atoms with E-state index in [1.54, 1.807) is 23.5 Å². The fourth-order valence-corrected chi connectivity index (χ4v) is 8.06. The van der Waals surface area contributed by atoms with E-state index in [1.807, 2.05) is 103 Å². The lowest BCUT2D eigenvalue weighted by Gasteiger charge is -2.24. The first-order chi connectivity index (χ1) is 29.0. The van der Waals surface area contributed by atoms with Gasteiger partial charge < -0.3 is 23.8 Å². The van der Waals surface area contributed by atoms with Crippen LogP contribution in [0.3, 0.4) is 0 Å². The molecule has 0 aliphatic heterocycles. The van der Waals surface area contributed by atoms with Crippen LogP contribution in [0.25, 0.3) is 32.3 Å². The minimum atomic E-state index is -0.308. The second-order valence-electron chi connectivity index (χ2n) is 13.9. The van der Waals surface area contributed by atoms with Crippen LogP contribution in [0.15, 0.2) is 176 Å². The lowest BCUT2D eigenvalue weighted by atomic mass is 10.0. The average Bonchev–Trinajstić information content (AvgIpc) is 3.61. The number of hydrogen-bond donors (Lipinski definition) is 0. The summed E-state index contributed by atoms with van der Waals surface area (Å²) < 4.78 is 26.3. The molecule has 0 fully saturated rings. The van der Waals surface area contributed by atoms with Crippen molar-refractivity contribution in [3.05, 3.63) is 197 Å². The summed E-state index contributed by atoms with van der Waals surface area (Å²) in [4.78, 5) is 15.8. The Kier molecular flexibility index (Phi) is 12.5. The standard InChI is InChI=1S/C51H42ClNO5S/c1-2-55-50(54)33-53(43-16-10-5-11-17-43)32-49-51(58-44-28-26-42(52)27-29-44)45-30-46(56-34-36-18-22-40(23-19-36)38-12-6-3-7-13-38)47(31-48(45)59-49)57-35-37-20-24-41(25-21-37)39-14-8-4-9-15-39/h3-31H,2,32-35H2,1H3. The second kappa shape index (κ2) is 18.8. The summed E-state index contributed by atoms with van der Waals surface area (Å²) >= 11 is 7.86. The van der Waals surface area contributed by atoms with Crippen LogP contribution in [0.1, 0.15) is 22.9 Å². The van der Waals surface area contributed by atoms with Crippen LogP contribution in [0.5, 0.6) is 23.0 Å². The molecular weight excluding hydrogens is 774 g/mol.